The molecule has 33 heavy (non-hydrogen) atoms. The van der Waals surface area contributed by atoms with Crippen LogP contribution in [0.4, 0.5) is 4.79 Å². The van der Waals surface area contributed by atoms with E-state index in [4.69, 9.17) is 14.2 Å². The van der Waals surface area contributed by atoms with Crippen molar-refractivity contribution in [1.29, 1.82) is 0 Å². The van der Waals surface area contributed by atoms with Crippen molar-refractivity contribution in [2.45, 2.75) is 69.9 Å². The summed E-state index contributed by atoms with van der Waals surface area (Å²) in [5.74, 6) is 8.00. The number of hydrogen-bond acceptors (Lipinski definition) is 7. The van der Waals surface area contributed by atoms with E-state index < -0.39 is 25.0 Å². The van der Waals surface area contributed by atoms with E-state index in [-0.39, 0.29) is 19.1 Å². The molecule has 9 nitrogen and oxygen atoms in total. The van der Waals surface area contributed by atoms with Gasteiger partial charge in [0.1, 0.15) is 6.72 Å². The highest BCUT2D eigenvalue weighted by Crippen LogP contribution is 2.52. The summed E-state index contributed by atoms with van der Waals surface area (Å²) in [6.07, 6.45) is 5.75. The zero-order valence-corrected chi connectivity index (χ0v) is 20.5. The summed E-state index contributed by atoms with van der Waals surface area (Å²) in [5, 5.41) is 12.6. The molecule has 0 spiro atoms. The summed E-state index contributed by atoms with van der Waals surface area (Å²) >= 11 is 4.33. The number of aliphatic hydroxyl groups is 1. The number of carbonyl (C=O) groups excluding carboxylic acids is 2. The quantitative estimate of drug-likeness (QED) is 0.219. The number of aliphatic hydroxyl groups excluding tert-OH is 1. The van der Waals surface area contributed by atoms with E-state index in [2.05, 4.69) is 29.0 Å². The molecular formula is C22H34N2O7PS-. The lowest BCUT2D eigenvalue weighted by Crippen LogP contribution is -2.38. The summed E-state index contributed by atoms with van der Waals surface area (Å²) in [7, 11) is 0. The van der Waals surface area contributed by atoms with Gasteiger partial charge in [-0.15, -0.1) is 11.8 Å². The second-order valence-electron chi connectivity index (χ2n) is 9.11. The van der Waals surface area contributed by atoms with Crippen molar-refractivity contribution in [1.82, 2.24) is 10.2 Å². The molecule has 1 saturated heterocycles. The Bertz CT molecular complexity index is 777. The fourth-order valence-electron chi connectivity index (χ4n) is 4.95. The summed E-state index contributed by atoms with van der Waals surface area (Å²) in [6, 6.07) is -0.455. The van der Waals surface area contributed by atoms with Gasteiger partial charge in [-0.3, -0.25) is 4.79 Å². The van der Waals surface area contributed by atoms with Crippen molar-refractivity contribution >= 4 is 30.5 Å². The molecule has 3 aliphatic rings. The Balaban J connectivity index is 1.23. The molecule has 1 aliphatic heterocycles. The van der Waals surface area contributed by atoms with Crippen molar-refractivity contribution in [3.63, 3.8) is 0 Å². The highest BCUT2D eigenvalue weighted by atomic mass is 32.5. The van der Waals surface area contributed by atoms with E-state index in [1.807, 2.05) is 0 Å². The van der Waals surface area contributed by atoms with Gasteiger partial charge in [-0.25, -0.2) is 4.79 Å². The molecule has 0 aromatic carbocycles. The first kappa shape index (κ1) is 26.4. The first-order chi connectivity index (χ1) is 15.7. The van der Waals surface area contributed by atoms with E-state index in [0.29, 0.717) is 50.2 Å². The smallest absolute Gasteiger partial charge is 0.407 e. The molecule has 186 valence electrons. The van der Waals surface area contributed by atoms with E-state index in [0.717, 1.165) is 38.5 Å². The summed E-state index contributed by atoms with van der Waals surface area (Å²) < 4.78 is 10.2. The first-order valence-electron chi connectivity index (χ1n) is 11.8. The number of β-amino-alcohol motifs (C(OH)–C–C–N with tert-alkyl or cyclic N) is 1. The Hall–Kier alpha value is -1.21. The third-order valence-corrected chi connectivity index (χ3v) is 7.52. The fourth-order valence-corrected chi connectivity index (χ4v) is 5.50. The molecule has 1 heterocycles. The van der Waals surface area contributed by atoms with Crippen molar-refractivity contribution in [3.05, 3.63) is 0 Å². The topological polar surface area (TPSA) is 131 Å². The third kappa shape index (κ3) is 8.82. The van der Waals surface area contributed by atoms with Crippen LogP contribution in [0.2, 0.25) is 0 Å². The first-order valence-corrected chi connectivity index (χ1v) is 14.4. The van der Waals surface area contributed by atoms with Gasteiger partial charge in [-0.05, 0) is 49.9 Å². The van der Waals surface area contributed by atoms with E-state index in [1.54, 1.807) is 0 Å². The zero-order chi connectivity index (χ0) is 23.8. The van der Waals surface area contributed by atoms with Crippen LogP contribution in [0.3, 0.4) is 0 Å². The van der Waals surface area contributed by atoms with E-state index in [1.165, 1.54) is 4.90 Å². The van der Waals surface area contributed by atoms with Crippen molar-refractivity contribution in [3.8, 4) is 11.8 Å². The highest BCUT2D eigenvalue weighted by molar-refractivity contribution is 8.06. The molecule has 2 unspecified atom stereocenters. The minimum absolute atomic E-state index is 0.132. The largest absolute Gasteiger partial charge is 0.780 e. The molecule has 11 heteroatoms. The fraction of sp³-hybridized carbons (Fsp3) is 0.818. The van der Waals surface area contributed by atoms with Crippen LogP contribution in [-0.2, 0) is 25.9 Å². The second-order valence-corrected chi connectivity index (χ2v) is 11.7. The van der Waals surface area contributed by atoms with Gasteiger partial charge in [-0.2, -0.15) is 0 Å². The predicted octanol–water partition coefficient (Wildman–Crippen LogP) is 1.27. The molecule has 2 fully saturated rings. The van der Waals surface area contributed by atoms with Gasteiger partial charge in [-0.1, -0.05) is 18.2 Å². The Kier molecular flexibility index (Phi) is 9.98. The van der Waals surface area contributed by atoms with Gasteiger partial charge in [0.25, 0.3) is 0 Å². The number of unbranched alkanes of at least 4 members (excludes halogenated alkanes) is 2. The summed E-state index contributed by atoms with van der Waals surface area (Å²) in [4.78, 5) is 46.2. The number of carbonyl (C=O) groups is 2. The number of nitrogens with one attached hydrogen (secondary N) is 1. The van der Waals surface area contributed by atoms with Gasteiger partial charge >= 0.3 is 6.09 Å². The van der Waals surface area contributed by atoms with Gasteiger partial charge in [0.05, 0.1) is 25.4 Å². The van der Waals surface area contributed by atoms with Crippen LogP contribution in [0.25, 0.3) is 0 Å². The van der Waals surface area contributed by atoms with E-state index >= 15 is 0 Å². The predicted molar refractivity (Wildman–Crippen MR) is 123 cm³/mol. The molecule has 2 aliphatic carbocycles. The molecule has 1 saturated carbocycles. The molecule has 3 N–H and O–H groups in total. The van der Waals surface area contributed by atoms with Crippen molar-refractivity contribution in [2.24, 2.45) is 17.8 Å². The maximum atomic E-state index is 12.5. The molecule has 0 aromatic rings. The number of amides is 2. The number of ether oxygens (including phenoxy) is 1. The van der Waals surface area contributed by atoms with Gasteiger partial charge in [0.2, 0.25) is 5.91 Å². The standard InChI is InChI=1S/C22H35N2O7PS/c25-17-12-16(14-31-32(28,29)33)24(13-17)21(26)10-6-3-7-11-23-22(27)30-15-20-18-8-4-1-2-5-9-19(18)20/h16-20,25H,3-15H2,(H,23,27)(H2,28,29,33)/p-1/t16-,17+,18-,19+,20?/m0/s1. The van der Waals surface area contributed by atoms with Gasteiger partial charge < -0.3 is 34.4 Å². The molecule has 6 atom stereocenters. The number of hydrogen-bond donors (Lipinski definition) is 3. The van der Waals surface area contributed by atoms with Crippen LogP contribution >= 0.6 is 6.72 Å². The average molecular weight is 502 g/mol. The number of rotatable bonds is 11. The molecule has 2 amide bonds. The lowest BCUT2D eigenvalue weighted by Gasteiger charge is -2.28. The molecule has 0 radical (unpaired) electrons. The maximum absolute atomic E-state index is 12.5. The maximum Gasteiger partial charge on any atom is 0.407 e. The normalized spacial score (nSPS) is 30.2. The monoisotopic (exact) mass is 501 g/mol. The average Bonchev–Trinajstić information content (AvgIpc) is 3.21. The highest BCUT2D eigenvalue weighted by Gasteiger charge is 2.49. The Morgan fingerprint density at radius 3 is 2.52 bits per heavy atom. The lowest BCUT2D eigenvalue weighted by atomic mass is 10.1. The van der Waals surface area contributed by atoms with Gasteiger partial charge in [0.15, 0.2) is 0 Å². The molecule has 0 bridgehead atoms. The summed E-state index contributed by atoms with van der Waals surface area (Å²) in [5.41, 5.74) is 0. The van der Waals surface area contributed by atoms with Crippen LogP contribution in [0.5, 0.6) is 0 Å². The van der Waals surface area contributed by atoms with Crippen LogP contribution < -0.4 is 10.2 Å². The number of nitrogens with zero attached hydrogens (tertiary/aromatic N) is 1. The number of fused-ring (bicyclic) bond motifs is 1. The van der Waals surface area contributed by atoms with Crippen molar-refractivity contribution in [2.75, 3.05) is 26.3 Å². The number of likely N-dealkylation sites (tertiary alicyclic amines) is 1. The Morgan fingerprint density at radius 2 is 1.85 bits per heavy atom. The Morgan fingerprint density at radius 1 is 1.15 bits per heavy atom. The van der Waals surface area contributed by atoms with Crippen LogP contribution in [-0.4, -0.2) is 65.3 Å². The van der Waals surface area contributed by atoms with Crippen LogP contribution in [0.1, 0.15) is 57.8 Å². The minimum atomic E-state index is -4.04. The minimum Gasteiger partial charge on any atom is -0.780 e. The molecular weight excluding hydrogens is 467 g/mol. The summed E-state index contributed by atoms with van der Waals surface area (Å²) in [6.45, 7) is -3.06. The molecule has 0 aromatic heterocycles. The second kappa shape index (κ2) is 12.5. The Labute approximate surface area is 200 Å². The third-order valence-electron chi connectivity index (χ3n) is 6.73. The van der Waals surface area contributed by atoms with Gasteiger partial charge in [0, 0.05) is 32.4 Å². The van der Waals surface area contributed by atoms with Crippen molar-refractivity contribution < 1.29 is 33.7 Å². The lowest BCUT2D eigenvalue weighted by molar-refractivity contribution is -0.202. The van der Waals surface area contributed by atoms with Crippen LogP contribution in [0.15, 0.2) is 0 Å². The van der Waals surface area contributed by atoms with Crippen LogP contribution in [0, 0.1) is 29.6 Å². The SMILES string of the molecule is O=C(NCCCCCC(=O)N1C[C@H](O)C[C@H]1COP([O-])(O)=S)OCC1[C@H]2CCC#CCC[C@@H]12. The van der Waals surface area contributed by atoms with E-state index in [9.17, 15) is 19.6 Å². The number of alkyl carbamates (subject to hydrolysis) is 1. The molecule has 3 rings (SSSR count). The zero-order valence-electron chi connectivity index (χ0n) is 18.8.